The van der Waals surface area contributed by atoms with Gasteiger partial charge in [0.1, 0.15) is 5.82 Å². The van der Waals surface area contributed by atoms with Gasteiger partial charge >= 0.3 is 0 Å². The molecule has 0 aliphatic heterocycles. The van der Waals surface area contributed by atoms with Crippen LogP contribution in [0.2, 0.25) is 5.02 Å². The van der Waals surface area contributed by atoms with E-state index in [9.17, 15) is 0 Å². The average Bonchev–Trinajstić information content (AvgIpc) is 3.02. The molecule has 1 aromatic heterocycles. The zero-order valence-electron chi connectivity index (χ0n) is 15.5. The summed E-state index contributed by atoms with van der Waals surface area (Å²) in [6, 6.07) is 18.2. The molecule has 0 aliphatic carbocycles. The summed E-state index contributed by atoms with van der Waals surface area (Å²) >= 11 is 7.88. The van der Waals surface area contributed by atoms with Gasteiger partial charge in [0.2, 0.25) is 0 Å². The summed E-state index contributed by atoms with van der Waals surface area (Å²) in [7, 11) is 4.10. The third kappa shape index (κ3) is 5.70. The molecule has 0 radical (unpaired) electrons. The summed E-state index contributed by atoms with van der Waals surface area (Å²) in [4.78, 5) is 2.21. The van der Waals surface area contributed by atoms with Crippen molar-refractivity contribution in [1.82, 2.24) is 19.7 Å². The minimum Gasteiger partial charge on any atom is -0.308 e. The minimum atomic E-state index is 0.745. The quantitative estimate of drug-likeness (QED) is 0.505. The van der Waals surface area contributed by atoms with Crippen molar-refractivity contribution in [3.05, 3.63) is 82.6 Å². The van der Waals surface area contributed by atoms with Crippen LogP contribution in [-0.4, -0.2) is 33.3 Å². The number of rotatable bonds is 8. The molecule has 3 rings (SSSR count). The first-order valence-electron chi connectivity index (χ1n) is 8.78. The number of benzene rings is 2. The highest BCUT2D eigenvalue weighted by atomic mass is 35.5. The zero-order chi connectivity index (χ0) is 19.1. The van der Waals surface area contributed by atoms with Gasteiger partial charge in [-0.25, -0.2) is 0 Å². The summed E-state index contributed by atoms with van der Waals surface area (Å²) in [6.07, 6.45) is 4.30. The normalized spacial score (nSPS) is 11.6. The fourth-order valence-corrected chi connectivity index (χ4v) is 3.82. The molecule has 0 bridgehead atoms. The van der Waals surface area contributed by atoms with Gasteiger partial charge in [0.05, 0.1) is 6.54 Å². The molecule has 0 aliphatic rings. The fourth-order valence-electron chi connectivity index (χ4n) is 2.61. The van der Waals surface area contributed by atoms with E-state index in [-0.39, 0.29) is 0 Å². The third-order valence-electron chi connectivity index (χ3n) is 4.18. The van der Waals surface area contributed by atoms with Crippen LogP contribution in [-0.2, 0) is 19.3 Å². The van der Waals surface area contributed by atoms with E-state index in [4.69, 9.17) is 11.6 Å². The van der Waals surface area contributed by atoms with Crippen LogP contribution in [0.4, 0.5) is 0 Å². The summed E-state index contributed by atoms with van der Waals surface area (Å²) in [5.41, 5.74) is 2.32. The molecule has 1 heterocycles. The first kappa shape index (κ1) is 19.7. The molecular formula is C21H23ClN4S. The Hall–Kier alpha value is -2.08. The zero-order valence-corrected chi connectivity index (χ0v) is 17.1. The second-order valence-electron chi connectivity index (χ2n) is 6.35. The van der Waals surface area contributed by atoms with Gasteiger partial charge < -0.3 is 4.57 Å². The summed E-state index contributed by atoms with van der Waals surface area (Å²) in [5.74, 6) is 1.73. The van der Waals surface area contributed by atoms with Crippen LogP contribution in [0.25, 0.3) is 6.08 Å². The molecule has 3 aromatic rings. The molecule has 27 heavy (non-hydrogen) atoms. The number of nitrogens with zero attached hydrogens (tertiary/aromatic N) is 4. The molecule has 4 nitrogen and oxygen atoms in total. The molecule has 0 spiro atoms. The molecule has 0 saturated carbocycles. The van der Waals surface area contributed by atoms with Gasteiger partial charge in [-0.15, -0.1) is 10.2 Å². The van der Waals surface area contributed by atoms with Crippen molar-refractivity contribution >= 4 is 29.4 Å². The number of halogens is 1. The first-order chi connectivity index (χ1) is 13.1. The highest BCUT2D eigenvalue weighted by molar-refractivity contribution is 7.98. The Morgan fingerprint density at radius 2 is 1.81 bits per heavy atom. The summed E-state index contributed by atoms with van der Waals surface area (Å²) in [5, 5.41) is 10.4. The van der Waals surface area contributed by atoms with Crippen molar-refractivity contribution in [3.8, 4) is 0 Å². The number of thioether (sulfide) groups is 1. The standard InChI is InChI=1S/C21H23ClN4S/c1-25(14-8-11-17-9-4-3-5-10-17)15-20-23-24-21(26(20)2)27-16-18-12-6-7-13-19(18)22/h3-13H,14-16H2,1-2H3/b11-8+. The molecule has 2 aromatic carbocycles. The van der Waals surface area contributed by atoms with Gasteiger partial charge in [-0.1, -0.05) is 84.0 Å². The van der Waals surface area contributed by atoms with Gasteiger partial charge in [-0.2, -0.15) is 0 Å². The van der Waals surface area contributed by atoms with Crippen molar-refractivity contribution in [2.75, 3.05) is 13.6 Å². The largest absolute Gasteiger partial charge is 0.308 e. The van der Waals surface area contributed by atoms with E-state index in [1.54, 1.807) is 11.8 Å². The van der Waals surface area contributed by atoms with E-state index >= 15 is 0 Å². The number of likely N-dealkylation sites (N-methyl/N-ethyl adjacent to an activating group) is 1. The van der Waals surface area contributed by atoms with Gasteiger partial charge in [0, 0.05) is 24.4 Å². The van der Waals surface area contributed by atoms with E-state index in [0.717, 1.165) is 40.4 Å². The van der Waals surface area contributed by atoms with E-state index in [1.807, 2.05) is 49.5 Å². The van der Waals surface area contributed by atoms with Crippen LogP contribution < -0.4 is 0 Å². The first-order valence-corrected chi connectivity index (χ1v) is 10.1. The van der Waals surface area contributed by atoms with Crippen molar-refractivity contribution in [3.63, 3.8) is 0 Å². The maximum absolute atomic E-state index is 6.23. The maximum Gasteiger partial charge on any atom is 0.191 e. The predicted molar refractivity (Wildman–Crippen MR) is 114 cm³/mol. The molecule has 0 saturated heterocycles. The highest BCUT2D eigenvalue weighted by Gasteiger charge is 2.11. The Labute approximate surface area is 169 Å². The summed E-state index contributed by atoms with van der Waals surface area (Å²) in [6.45, 7) is 1.60. The van der Waals surface area contributed by atoms with E-state index < -0.39 is 0 Å². The molecule has 0 atom stereocenters. The Morgan fingerprint density at radius 3 is 2.59 bits per heavy atom. The van der Waals surface area contributed by atoms with Crippen molar-refractivity contribution in [2.24, 2.45) is 7.05 Å². The highest BCUT2D eigenvalue weighted by Crippen LogP contribution is 2.25. The molecule has 0 N–H and O–H groups in total. The lowest BCUT2D eigenvalue weighted by Crippen LogP contribution is -2.20. The number of hydrogen-bond acceptors (Lipinski definition) is 4. The van der Waals surface area contributed by atoms with Crippen LogP contribution in [0, 0.1) is 0 Å². The average molecular weight is 399 g/mol. The minimum absolute atomic E-state index is 0.745. The Morgan fingerprint density at radius 1 is 1.07 bits per heavy atom. The Kier molecular flexibility index (Phi) is 7.10. The van der Waals surface area contributed by atoms with Crippen LogP contribution in [0.3, 0.4) is 0 Å². The lowest BCUT2D eigenvalue weighted by Gasteiger charge is -2.13. The molecule has 140 valence electrons. The fraction of sp³-hybridized carbons (Fsp3) is 0.238. The van der Waals surface area contributed by atoms with Crippen molar-refractivity contribution < 1.29 is 0 Å². The Balaban J connectivity index is 1.53. The van der Waals surface area contributed by atoms with Crippen molar-refractivity contribution in [1.29, 1.82) is 0 Å². The number of aromatic nitrogens is 3. The molecule has 0 unspecified atom stereocenters. The van der Waals surface area contributed by atoms with Crippen LogP contribution >= 0.6 is 23.4 Å². The molecule has 0 amide bonds. The molecule has 0 fully saturated rings. The smallest absolute Gasteiger partial charge is 0.191 e. The lowest BCUT2D eigenvalue weighted by molar-refractivity contribution is 0.347. The third-order valence-corrected chi connectivity index (χ3v) is 5.62. The second kappa shape index (κ2) is 9.74. The van der Waals surface area contributed by atoms with Gasteiger partial charge in [0.15, 0.2) is 5.16 Å². The Bertz CT molecular complexity index is 892. The maximum atomic E-state index is 6.23. The van der Waals surface area contributed by atoms with Gasteiger partial charge in [0.25, 0.3) is 0 Å². The molecule has 6 heteroatoms. The lowest BCUT2D eigenvalue weighted by atomic mass is 10.2. The van der Waals surface area contributed by atoms with Crippen LogP contribution in [0.5, 0.6) is 0 Å². The van der Waals surface area contributed by atoms with E-state index in [2.05, 4.69) is 51.0 Å². The van der Waals surface area contributed by atoms with E-state index in [0.29, 0.717) is 0 Å². The van der Waals surface area contributed by atoms with Crippen LogP contribution in [0.15, 0.2) is 65.8 Å². The molecular weight excluding hydrogens is 376 g/mol. The van der Waals surface area contributed by atoms with Gasteiger partial charge in [-0.05, 0) is 24.2 Å². The predicted octanol–water partition coefficient (Wildman–Crippen LogP) is 4.91. The van der Waals surface area contributed by atoms with Gasteiger partial charge in [-0.3, -0.25) is 4.90 Å². The summed E-state index contributed by atoms with van der Waals surface area (Å²) < 4.78 is 2.05. The van der Waals surface area contributed by atoms with Crippen molar-refractivity contribution in [2.45, 2.75) is 17.5 Å². The van der Waals surface area contributed by atoms with E-state index in [1.165, 1.54) is 5.56 Å². The topological polar surface area (TPSA) is 34.0 Å². The van der Waals surface area contributed by atoms with Crippen LogP contribution in [0.1, 0.15) is 17.0 Å². The SMILES string of the molecule is CN(C/C=C/c1ccccc1)Cc1nnc(SCc2ccccc2Cl)n1C. The number of hydrogen-bond donors (Lipinski definition) is 0. The second-order valence-corrected chi connectivity index (χ2v) is 7.70. The monoisotopic (exact) mass is 398 g/mol.